The number of hydrogen-bond donors (Lipinski definition) is 2. The highest BCUT2D eigenvalue weighted by molar-refractivity contribution is 6.07. The molecule has 5 heterocycles. The van der Waals surface area contributed by atoms with E-state index in [1.54, 1.807) is 19.3 Å². The van der Waals surface area contributed by atoms with E-state index in [1.807, 2.05) is 12.1 Å². The zero-order chi connectivity index (χ0) is 36.9. The number of alkyl halides is 3. The van der Waals surface area contributed by atoms with Crippen LogP contribution in [0.3, 0.4) is 0 Å². The Morgan fingerprint density at radius 2 is 1.71 bits per heavy atom. The van der Waals surface area contributed by atoms with Crippen LogP contribution in [0, 0.1) is 19.3 Å². The van der Waals surface area contributed by atoms with Crippen LogP contribution in [0.4, 0.5) is 19.0 Å². The topological polar surface area (TPSA) is 152 Å². The van der Waals surface area contributed by atoms with Crippen LogP contribution < -0.4 is 10.6 Å². The third kappa shape index (κ3) is 6.75. The molecule has 0 radical (unpaired) electrons. The maximum atomic E-state index is 14.4. The van der Waals surface area contributed by atoms with Gasteiger partial charge in [0.25, 0.3) is 0 Å². The molecular weight excluding hydrogens is 677 g/mol. The van der Waals surface area contributed by atoms with E-state index in [0.29, 0.717) is 48.0 Å². The van der Waals surface area contributed by atoms with E-state index in [0.717, 1.165) is 42.0 Å². The number of benzene rings is 1. The summed E-state index contributed by atoms with van der Waals surface area (Å²) in [5.41, 5.74) is 1.91. The summed E-state index contributed by atoms with van der Waals surface area (Å²) >= 11 is 0. The molecule has 15 heteroatoms. The van der Waals surface area contributed by atoms with Crippen LogP contribution in [-0.2, 0) is 33.5 Å². The van der Waals surface area contributed by atoms with Gasteiger partial charge in [0.15, 0.2) is 5.78 Å². The molecule has 2 fully saturated rings. The van der Waals surface area contributed by atoms with Gasteiger partial charge < -0.3 is 15.5 Å². The molecule has 2 bridgehead atoms. The number of anilines is 1. The third-order valence-corrected chi connectivity index (χ3v) is 10.5. The highest BCUT2D eigenvalue weighted by Gasteiger charge is 2.67. The lowest BCUT2D eigenvalue weighted by Gasteiger charge is -2.27. The van der Waals surface area contributed by atoms with Crippen molar-refractivity contribution in [1.82, 2.24) is 34.9 Å². The number of carbonyl (C=O) groups excluding carboxylic acids is 4. The molecule has 2 N–H and O–H groups in total. The van der Waals surface area contributed by atoms with Crippen LogP contribution in [0.2, 0.25) is 0 Å². The molecule has 1 saturated carbocycles. The molecule has 7 rings (SSSR count). The van der Waals surface area contributed by atoms with E-state index in [1.165, 1.54) is 29.5 Å². The zero-order valence-corrected chi connectivity index (χ0v) is 29.1. The van der Waals surface area contributed by atoms with E-state index in [-0.39, 0.29) is 48.8 Å². The predicted octanol–water partition coefficient (Wildman–Crippen LogP) is 5.35. The summed E-state index contributed by atoms with van der Waals surface area (Å²) in [7, 11) is 0. The van der Waals surface area contributed by atoms with Crippen LogP contribution in [0.1, 0.15) is 85.0 Å². The lowest BCUT2D eigenvalue weighted by Crippen LogP contribution is -2.47. The largest absolute Gasteiger partial charge is 0.433 e. The Morgan fingerprint density at radius 3 is 2.42 bits per heavy atom. The van der Waals surface area contributed by atoms with Gasteiger partial charge in [-0.1, -0.05) is 18.9 Å². The Morgan fingerprint density at radius 1 is 0.981 bits per heavy atom. The number of hydrogen-bond acceptors (Lipinski definition) is 8. The number of carbonyl (C=O) groups is 4. The summed E-state index contributed by atoms with van der Waals surface area (Å²) in [5, 5.41) is 10.8. The van der Waals surface area contributed by atoms with E-state index in [9.17, 15) is 32.3 Å². The predicted molar refractivity (Wildman–Crippen MR) is 184 cm³/mol. The fraction of sp³-hybridized carbons (Fsp3) is 0.459. The quantitative estimate of drug-likeness (QED) is 0.269. The minimum Gasteiger partial charge on any atom is -0.355 e. The molecular formula is C37H39F3N8O4. The summed E-state index contributed by atoms with van der Waals surface area (Å²) < 4.78 is 42.0. The first-order chi connectivity index (χ1) is 24.7. The van der Waals surface area contributed by atoms with Crippen LogP contribution in [0.5, 0.6) is 0 Å². The Labute approximate surface area is 297 Å². The average Bonchev–Trinajstić information content (AvgIpc) is 3.50. The molecule has 0 spiro atoms. The second-order valence-corrected chi connectivity index (χ2v) is 14.3. The molecule has 1 aliphatic carbocycles. The fourth-order valence-corrected chi connectivity index (χ4v) is 7.69. The van der Waals surface area contributed by atoms with Gasteiger partial charge in [0, 0.05) is 54.7 Å². The maximum Gasteiger partial charge on any atom is 0.433 e. The van der Waals surface area contributed by atoms with Gasteiger partial charge >= 0.3 is 6.18 Å². The number of pyridine rings is 1. The number of nitrogens with zero attached hydrogens (tertiary/aromatic N) is 6. The summed E-state index contributed by atoms with van der Waals surface area (Å²) in [6.45, 7) is 4.73. The van der Waals surface area contributed by atoms with Crippen molar-refractivity contribution >= 4 is 40.2 Å². The molecule has 12 nitrogen and oxygen atoms in total. The van der Waals surface area contributed by atoms with E-state index in [4.69, 9.17) is 0 Å². The van der Waals surface area contributed by atoms with Crippen LogP contribution >= 0.6 is 0 Å². The Bertz CT molecular complexity index is 2100. The van der Waals surface area contributed by atoms with Crippen molar-refractivity contribution in [2.45, 2.75) is 96.9 Å². The van der Waals surface area contributed by atoms with Crippen molar-refractivity contribution in [3.05, 3.63) is 65.0 Å². The molecule has 3 atom stereocenters. The van der Waals surface area contributed by atoms with Gasteiger partial charge in [0.1, 0.15) is 35.6 Å². The van der Waals surface area contributed by atoms with Crippen molar-refractivity contribution in [3.63, 3.8) is 0 Å². The van der Waals surface area contributed by atoms with Crippen LogP contribution in [0.25, 0.3) is 22.0 Å². The maximum absolute atomic E-state index is 14.4. The first-order valence-electron chi connectivity index (χ1n) is 17.5. The third-order valence-electron chi connectivity index (χ3n) is 10.5. The standard InChI is InChI=1S/C37H39F3N8O4/c1-20-10-11-28(37(38,39)40)44-34(20)45-35(52)27-14-36-15-29(36)48(27)31(51)18-47-33-23(8-6-4-5-7-9-30(50)43-19-36)12-24(25-16-41-22(3)42-17-25)13-26(33)32(46-47)21(2)49/h10-13,16-17,27,29H,4-9,14-15,18-19H2,1-3H3,(H,43,50)(H,44,45,52)/t27-,29+,36-/m0/s1. The number of Topliss-reactive ketones (excluding diaryl/α,β-unsaturated/α-hetero) is 1. The number of ketones is 1. The highest BCUT2D eigenvalue weighted by Crippen LogP contribution is 2.59. The fourth-order valence-electron chi connectivity index (χ4n) is 7.69. The molecule has 1 aromatic carbocycles. The summed E-state index contributed by atoms with van der Waals surface area (Å²) in [6, 6.07) is 4.52. The molecule has 3 amide bonds. The van der Waals surface area contributed by atoms with Gasteiger partial charge in [-0.25, -0.2) is 15.0 Å². The summed E-state index contributed by atoms with van der Waals surface area (Å²) in [5.74, 6) is -1.11. The normalized spacial score (nSPS) is 22.5. The SMILES string of the molecule is CC(=O)c1nn2c3c(cc(-c4cnc(C)nc4)cc13)CCCCCCC(=O)NC[C@@]13C[C@@H](C(=O)Nc4nc(C(F)(F)F)ccc4C)N(C(=O)C2)[C@@H]1C3. The van der Waals surface area contributed by atoms with E-state index >= 15 is 0 Å². The van der Waals surface area contributed by atoms with Crippen LogP contribution in [0.15, 0.2) is 36.7 Å². The first-order valence-corrected chi connectivity index (χ1v) is 17.5. The number of piperidine rings is 1. The van der Waals surface area contributed by atoms with Gasteiger partial charge in [0.05, 0.1) is 5.52 Å². The highest BCUT2D eigenvalue weighted by atomic mass is 19.4. The monoisotopic (exact) mass is 716 g/mol. The van der Waals surface area contributed by atoms with Gasteiger partial charge in [-0.15, -0.1) is 0 Å². The first kappa shape index (κ1) is 35.2. The summed E-state index contributed by atoms with van der Waals surface area (Å²) in [6.07, 6.45) is 3.64. The van der Waals surface area contributed by atoms with Crippen molar-refractivity contribution in [1.29, 1.82) is 0 Å². The molecule has 52 heavy (non-hydrogen) atoms. The van der Waals surface area contributed by atoms with Crippen molar-refractivity contribution in [3.8, 4) is 11.1 Å². The molecule has 0 unspecified atom stereocenters. The summed E-state index contributed by atoms with van der Waals surface area (Å²) in [4.78, 5) is 68.0. The van der Waals surface area contributed by atoms with Gasteiger partial charge in [-0.3, -0.25) is 23.9 Å². The Hall–Kier alpha value is -5.21. The molecule has 1 saturated heterocycles. The Kier molecular flexibility index (Phi) is 9.07. The molecule has 272 valence electrons. The second kappa shape index (κ2) is 13.4. The van der Waals surface area contributed by atoms with E-state index < -0.39 is 35.1 Å². The zero-order valence-electron chi connectivity index (χ0n) is 29.1. The minimum absolute atomic E-state index is 0.106. The molecule has 2 aliphatic heterocycles. The van der Waals surface area contributed by atoms with Crippen molar-refractivity contribution in [2.75, 3.05) is 11.9 Å². The number of aromatic nitrogens is 5. The minimum atomic E-state index is -4.72. The van der Waals surface area contributed by atoms with Gasteiger partial charge in [0.2, 0.25) is 17.7 Å². The van der Waals surface area contributed by atoms with Crippen molar-refractivity contribution < 1.29 is 32.3 Å². The van der Waals surface area contributed by atoms with E-state index in [2.05, 4.69) is 30.7 Å². The number of amides is 3. The average molecular weight is 717 g/mol. The van der Waals surface area contributed by atoms with Crippen molar-refractivity contribution in [2.24, 2.45) is 5.41 Å². The number of nitrogens with one attached hydrogen (secondary N) is 2. The second-order valence-electron chi connectivity index (χ2n) is 14.3. The number of aryl methyl sites for hydroxylation is 3. The molecule has 3 aliphatic rings. The van der Waals surface area contributed by atoms with Gasteiger partial charge in [-0.2, -0.15) is 18.3 Å². The molecule has 3 aromatic heterocycles. The number of rotatable bonds is 4. The lowest BCUT2D eigenvalue weighted by atomic mass is 9.96. The molecule has 4 aromatic rings. The Balaban J connectivity index is 1.28. The lowest BCUT2D eigenvalue weighted by molar-refractivity contribution is -0.141. The van der Waals surface area contributed by atoms with Gasteiger partial charge in [-0.05, 0) is 80.8 Å². The number of halogens is 3. The van der Waals surface area contributed by atoms with Crippen LogP contribution in [-0.4, -0.2) is 71.8 Å². The smallest absolute Gasteiger partial charge is 0.355 e.